The van der Waals surface area contributed by atoms with E-state index in [0.717, 1.165) is 26.1 Å². The average molecular weight is 187 g/mol. The predicted molar refractivity (Wildman–Crippen MR) is 54.6 cm³/mol. The second-order valence-electron chi connectivity index (χ2n) is 3.02. The van der Waals surface area contributed by atoms with Crippen molar-refractivity contribution in [2.75, 3.05) is 33.2 Å². The molecule has 0 aliphatic carbocycles. The molecule has 0 atom stereocenters. The molecule has 0 unspecified atom stereocenters. The van der Waals surface area contributed by atoms with Gasteiger partial charge in [0.2, 0.25) is 0 Å². The third-order valence-electron chi connectivity index (χ3n) is 2.06. The number of hydrogen-bond acceptors (Lipinski definition) is 2. The van der Waals surface area contributed by atoms with Crippen LogP contribution in [0.4, 0.5) is 4.79 Å². The van der Waals surface area contributed by atoms with E-state index in [1.165, 1.54) is 0 Å². The lowest BCUT2D eigenvalue weighted by atomic mass is 10.4. The van der Waals surface area contributed by atoms with Crippen LogP contribution in [-0.2, 0) is 0 Å². The van der Waals surface area contributed by atoms with E-state index >= 15 is 0 Å². The summed E-state index contributed by atoms with van der Waals surface area (Å²) in [5.74, 6) is 0. The van der Waals surface area contributed by atoms with E-state index in [0.29, 0.717) is 6.54 Å². The third-order valence-corrected chi connectivity index (χ3v) is 2.06. The molecule has 2 N–H and O–H groups in total. The van der Waals surface area contributed by atoms with Crippen LogP contribution in [-0.4, -0.2) is 49.1 Å². The number of carbonyl (C=O) groups excluding carboxylic acids is 1. The summed E-state index contributed by atoms with van der Waals surface area (Å²) in [4.78, 5) is 15.1. The monoisotopic (exact) mass is 187 g/mol. The first-order valence-corrected chi connectivity index (χ1v) is 4.87. The van der Waals surface area contributed by atoms with Gasteiger partial charge in [0.15, 0.2) is 0 Å². The summed E-state index contributed by atoms with van der Waals surface area (Å²) in [6.07, 6.45) is 0.865. The molecule has 0 saturated carbocycles. The molecule has 78 valence electrons. The largest absolute Gasteiger partial charge is 0.330 e. The van der Waals surface area contributed by atoms with Crippen LogP contribution < -0.4 is 5.73 Å². The molecule has 0 rings (SSSR count). The maximum Gasteiger partial charge on any atom is 0.319 e. The zero-order valence-corrected chi connectivity index (χ0v) is 8.92. The lowest BCUT2D eigenvalue weighted by Gasteiger charge is -2.25. The third kappa shape index (κ3) is 4.12. The standard InChI is InChI=1S/C9H21N3O/c1-4-12(5-2)9(13)11(3)8-6-7-10/h4-8,10H2,1-3H3. The maximum absolute atomic E-state index is 11.6. The first kappa shape index (κ1) is 12.2. The van der Waals surface area contributed by atoms with Crippen molar-refractivity contribution in [1.82, 2.24) is 9.80 Å². The first-order valence-electron chi connectivity index (χ1n) is 4.87. The number of carbonyl (C=O) groups is 1. The van der Waals surface area contributed by atoms with Gasteiger partial charge in [0.1, 0.15) is 0 Å². The summed E-state index contributed by atoms with van der Waals surface area (Å²) in [5, 5.41) is 0. The minimum atomic E-state index is 0.0958. The Morgan fingerprint density at radius 1 is 1.31 bits per heavy atom. The molecule has 0 aliphatic heterocycles. The van der Waals surface area contributed by atoms with Crippen LogP contribution in [0, 0.1) is 0 Å². The van der Waals surface area contributed by atoms with Gasteiger partial charge in [-0.25, -0.2) is 4.79 Å². The molecule has 0 heterocycles. The summed E-state index contributed by atoms with van der Waals surface area (Å²) in [6, 6.07) is 0.0958. The van der Waals surface area contributed by atoms with Gasteiger partial charge in [0.05, 0.1) is 0 Å². The molecule has 0 fully saturated rings. The minimum Gasteiger partial charge on any atom is -0.330 e. The van der Waals surface area contributed by atoms with E-state index in [2.05, 4.69) is 0 Å². The van der Waals surface area contributed by atoms with E-state index in [4.69, 9.17) is 5.73 Å². The second kappa shape index (κ2) is 6.71. The van der Waals surface area contributed by atoms with E-state index in [1.54, 1.807) is 9.80 Å². The molecule has 0 spiro atoms. The molecule has 0 aromatic heterocycles. The molecule has 0 saturated heterocycles. The van der Waals surface area contributed by atoms with Crippen molar-refractivity contribution in [3.63, 3.8) is 0 Å². The molecular weight excluding hydrogens is 166 g/mol. The van der Waals surface area contributed by atoms with Crippen LogP contribution >= 0.6 is 0 Å². The van der Waals surface area contributed by atoms with Crippen LogP contribution in [0.15, 0.2) is 0 Å². The van der Waals surface area contributed by atoms with Gasteiger partial charge in [-0.05, 0) is 26.8 Å². The Bertz CT molecular complexity index is 146. The van der Waals surface area contributed by atoms with E-state index < -0.39 is 0 Å². The number of hydrogen-bond donors (Lipinski definition) is 1. The van der Waals surface area contributed by atoms with Gasteiger partial charge in [-0.15, -0.1) is 0 Å². The summed E-state index contributed by atoms with van der Waals surface area (Å²) in [5.41, 5.74) is 5.37. The molecule has 2 amide bonds. The van der Waals surface area contributed by atoms with Gasteiger partial charge in [-0.3, -0.25) is 0 Å². The van der Waals surface area contributed by atoms with E-state index in [1.807, 2.05) is 20.9 Å². The molecule has 0 bridgehead atoms. The van der Waals surface area contributed by atoms with Crippen LogP contribution in [0.1, 0.15) is 20.3 Å². The van der Waals surface area contributed by atoms with E-state index in [-0.39, 0.29) is 6.03 Å². The van der Waals surface area contributed by atoms with Gasteiger partial charge < -0.3 is 15.5 Å². The molecule has 0 aromatic rings. The summed E-state index contributed by atoms with van der Waals surface area (Å²) in [6.45, 7) is 6.88. The van der Waals surface area contributed by atoms with Crippen molar-refractivity contribution in [1.29, 1.82) is 0 Å². The zero-order chi connectivity index (χ0) is 10.3. The quantitative estimate of drug-likeness (QED) is 0.689. The van der Waals surface area contributed by atoms with Crippen LogP contribution in [0.5, 0.6) is 0 Å². The Balaban J connectivity index is 3.92. The molecule has 0 aromatic carbocycles. The average Bonchev–Trinajstić information content (AvgIpc) is 2.15. The highest BCUT2D eigenvalue weighted by molar-refractivity contribution is 5.74. The zero-order valence-electron chi connectivity index (χ0n) is 8.92. The molecule has 0 radical (unpaired) electrons. The Morgan fingerprint density at radius 3 is 2.23 bits per heavy atom. The minimum absolute atomic E-state index is 0.0958. The fourth-order valence-electron chi connectivity index (χ4n) is 1.16. The number of nitrogens with zero attached hydrogens (tertiary/aromatic N) is 2. The van der Waals surface area contributed by atoms with Gasteiger partial charge in [-0.1, -0.05) is 0 Å². The van der Waals surface area contributed by atoms with Gasteiger partial charge in [0.25, 0.3) is 0 Å². The fraction of sp³-hybridized carbons (Fsp3) is 0.889. The Hall–Kier alpha value is -0.770. The number of nitrogens with two attached hydrogens (primary N) is 1. The highest BCUT2D eigenvalue weighted by Gasteiger charge is 2.13. The van der Waals surface area contributed by atoms with Crippen molar-refractivity contribution in [3.05, 3.63) is 0 Å². The topological polar surface area (TPSA) is 49.6 Å². The summed E-state index contributed by atoms with van der Waals surface area (Å²) in [7, 11) is 1.82. The molecule has 4 nitrogen and oxygen atoms in total. The first-order chi connectivity index (χ1) is 6.17. The van der Waals surface area contributed by atoms with Gasteiger partial charge >= 0.3 is 6.03 Å². The summed E-state index contributed by atoms with van der Waals surface area (Å²) >= 11 is 0. The normalized spacial score (nSPS) is 9.85. The second-order valence-corrected chi connectivity index (χ2v) is 3.02. The SMILES string of the molecule is CCN(CC)C(=O)N(C)CCCN. The van der Waals surface area contributed by atoms with Crippen molar-refractivity contribution < 1.29 is 4.79 Å². The maximum atomic E-state index is 11.6. The highest BCUT2D eigenvalue weighted by atomic mass is 16.2. The predicted octanol–water partition coefficient (Wildman–Crippen LogP) is 0.729. The van der Waals surface area contributed by atoms with Crippen molar-refractivity contribution >= 4 is 6.03 Å². The number of urea groups is 1. The molecule has 0 aliphatic rings. The van der Waals surface area contributed by atoms with Gasteiger partial charge in [-0.2, -0.15) is 0 Å². The lowest BCUT2D eigenvalue weighted by Crippen LogP contribution is -2.41. The van der Waals surface area contributed by atoms with Gasteiger partial charge in [0, 0.05) is 26.7 Å². The number of rotatable bonds is 5. The molecule has 4 heteroatoms. The van der Waals surface area contributed by atoms with Crippen molar-refractivity contribution in [3.8, 4) is 0 Å². The van der Waals surface area contributed by atoms with E-state index in [9.17, 15) is 4.79 Å². The Morgan fingerprint density at radius 2 is 1.85 bits per heavy atom. The Kier molecular flexibility index (Phi) is 6.32. The van der Waals surface area contributed by atoms with Crippen LogP contribution in [0.3, 0.4) is 0 Å². The fourth-order valence-corrected chi connectivity index (χ4v) is 1.16. The summed E-state index contributed by atoms with van der Waals surface area (Å²) < 4.78 is 0. The smallest absolute Gasteiger partial charge is 0.319 e. The van der Waals surface area contributed by atoms with Crippen LogP contribution in [0.2, 0.25) is 0 Å². The van der Waals surface area contributed by atoms with Crippen molar-refractivity contribution in [2.45, 2.75) is 20.3 Å². The lowest BCUT2D eigenvalue weighted by molar-refractivity contribution is 0.167. The van der Waals surface area contributed by atoms with Crippen LogP contribution in [0.25, 0.3) is 0 Å². The molecule has 13 heavy (non-hydrogen) atoms. The highest BCUT2D eigenvalue weighted by Crippen LogP contribution is 1.96. The van der Waals surface area contributed by atoms with Crippen molar-refractivity contribution in [2.24, 2.45) is 5.73 Å². The molecular formula is C9H21N3O. The Labute approximate surface area is 80.7 Å². The number of amides is 2.